The Hall–Kier alpha value is -1.75. The van der Waals surface area contributed by atoms with Crippen molar-refractivity contribution in [3.63, 3.8) is 0 Å². The van der Waals surface area contributed by atoms with Gasteiger partial charge in [0.15, 0.2) is 5.17 Å². The SMILES string of the molecule is CC(C)N=C(N)SCc1ccc(-n2cccn2)cc1. The van der Waals surface area contributed by atoms with Crippen LogP contribution < -0.4 is 5.73 Å². The van der Waals surface area contributed by atoms with Crippen molar-refractivity contribution in [3.8, 4) is 5.69 Å². The summed E-state index contributed by atoms with van der Waals surface area (Å²) in [6, 6.07) is 10.4. The van der Waals surface area contributed by atoms with E-state index in [0.717, 1.165) is 11.4 Å². The zero-order valence-corrected chi connectivity index (χ0v) is 12.0. The maximum Gasteiger partial charge on any atom is 0.154 e. The lowest BCUT2D eigenvalue weighted by molar-refractivity contribution is 0.838. The van der Waals surface area contributed by atoms with Crippen molar-refractivity contribution in [2.45, 2.75) is 25.6 Å². The largest absolute Gasteiger partial charge is 0.379 e. The highest BCUT2D eigenvalue weighted by atomic mass is 32.2. The number of amidine groups is 1. The Morgan fingerprint density at radius 3 is 2.68 bits per heavy atom. The van der Waals surface area contributed by atoms with Gasteiger partial charge >= 0.3 is 0 Å². The van der Waals surface area contributed by atoms with Crippen LogP contribution in [0.4, 0.5) is 0 Å². The van der Waals surface area contributed by atoms with Gasteiger partial charge in [-0.05, 0) is 37.6 Å². The van der Waals surface area contributed by atoms with Crippen molar-refractivity contribution < 1.29 is 0 Å². The average Bonchev–Trinajstić information content (AvgIpc) is 2.90. The topological polar surface area (TPSA) is 56.2 Å². The molecule has 0 radical (unpaired) electrons. The number of nitrogens with two attached hydrogens (primary N) is 1. The van der Waals surface area contributed by atoms with Crippen LogP contribution in [0, 0.1) is 0 Å². The molecule has 0 spiro atoms. The molecule has 0 aliphatic rings. The van der Waals surface area contributed by atoms with Gasteiger partial charge < -0.3 is 5.73 Å². The molecule has 0 aliphatic carbocycles. The van der Waals surface area contributed by atoms with E-state index in [1.807, 2.05) is 30.8 Å². The Balaban J connectivity index is 1.96. The smallest absolute Gasteiger partial charge is 0.154 e. The van der Waals surface area contributed by atoms with Crippen LogP contribution in [0.3, 0.4) is 0 Å². The molecule has 2 N–H and O–H groups in total. The normalized spacial score (nSPS) is 12.1. The van der Waals surface area contributed by atoms with Crippen LogP contribution >= 0.6 is 11.8 Å². The Kier molecular flexibility index (Phi) is 4.63. The second-order valence-corrected chi connectivity index (χ2v) is 5.46. The molecule has 0 saturated carbocycles. The first-order valence-corrected chi connectivity index (χ1v) is 7.19. The first-order valence-electron chi connectivity index (χ1n) is 6.20. The van der Waals surface area contributed by atoms with Gasteiger partial charge in [0.05, 0.1) is 5.69 Å². The van der Waals surface area contributed by atoms with Gasteiger partial charge in [0.25, 0.3) is 0 Å². The summed E-state index contributed by atoms with van der Waals surface area (Å²) in [5.41, 5.74) is 8.11. The van der Waals surface area contributed by atoms with Gasteiger partial charge in [-0.25, -0.2) is 4.68 Å². The van der Waals surface area contributed by atoms with E-state index in [9.17, 15) is 0 Å². The van der Waals surface area contributed by atoms with Gasteiger partial charge in [0.2, 0.25) is 0 Å². The second kappa shape index (κ2) is 6.43. The van der Waals surface area contributed by atoms with Crippen LogP contribution in [-0.4, -0.2) is 21.0 Å². The van der Waals surface area contributed by atoms with Crippen LogP contribution in [-0.2, 0) is 5.75 Å². The Labute approximate surface area is 117 Å². The first kappa shape index (κ1) is 13.7. The number of aromatic nitrogens is 2. The summed E-state index contributed by atoms with van der Waals surface area (Å²) in [5.74, 6) is 0.835. The van der Waals surface area contributed by atoms with Crippen LogP contribution in [0.15, 0.2) is 47.7 Å². The number of hydrogen-bond acceptors (Lipinski definition) is 3. The van der Waals surface area contributed by atoms with E-state index in [-0.39, 0.29) is 6.04 Å². The zero-order valence-electron chi connectivity index (χ0n) is 11.2. The van der Waals surface area contributed by atoms with Gasteiger partial charge in [0, 0.05) is 24.2 Å². The molecular weight excluding hydrogens is 256 g/mol. The van der Waals surface area contributed by atoms with E-state index in [2.05, 4.69) is 34.4 Å². The minimum absolute atomic E-state index is 0.245. The average molecular weight is 274 g/mol. The van der Waals surface area contributed by atoms with Gasteiger partial charge in [-0.3, -0.25) is 4.99 Å². The molecule has 100 valence electrons. The lowest BCUT2D eigenvalue weighted by Gasteiger charge is -2.05. The second-order valence-electron chi connectivity index (χ2n) is 4.47. The maximum absolute atomic E-state index is 5.83. The molecule has 0 saturated heterocycles. The fourth-order valence-corrected chi connectivity index (χ4v) is 2.41. The third-order valence-electron chi connectivity index (χ3n) is 2.48. The van der Waals surface area contributed by atoms with Crippen molar-refractivity contribution in [2.24, 2.45) is 10.7 Å². The molecule has 5 heteroatoms. The van der Waals surface area contributed by atoms with Crippen LogP contribution in [0.5, 0.6) is 0 Å². The molecule has 0 bridgehead atoms. The molecule has 1 aromatic carbocycles. The molecule has 0 amide bonds. The molecule has 1 heterocycles. The number of nitrogens with zero attached hydrogens (tertiary/aromatic N) is 3. The summed E-state index contributed by atoms with van der Waals surface area (Å²) >= 11 is 1.57. The summed E-state index contributed by atoms with van der Waals surface area (Å²) in [5, 5.41) is 4.84. The van der Waals surface area contributed by atoms with Gasteiger partial charge in [-0.15, -0.1) is 0 Å². The van der Waals surface area contributed by atoms with E-state index >= 15 is 0 Å². The fraction of sp³-hybridized carbons (Fsp3) is 0.286. The van der Waals surface area contributed by atoms with Crippen molar-refractivity contribution in [1.29, 1.82) is 0 Å². The van der Waals surface area contributed by atoms with Crippen LogP contribution in [0.1, 0.15) is 19.4 Å². The molecule has 2 rings (SSSR count). The number of thioether (sulfide) groups is 1. The van der Waals surface area contributed by atoms with E-state index in [1.54, 1.807) is 18.0 Å². The third kappa shape index (κ3) is 4.13. The minimum atomic E-state index is 0.245. The lowest BCUT2D eigenvalue weighted by Crippen LogP contribution is -2.09. The van der Waals surface area contributed by atoms with Crippen LogP contribution in [0.2, 0.25) is 0 Å². The van der Waals surface area contributed by atoms with E-state index < -0.39 is 0 Å². The predicted molar refractivity (Wildman–Crippen MR) is 81.6 cm³/mol. The summed E-state index contributed by atoms with van der Waals surface area (Å²) < 4.78 is 1.84. The number of benzene rings is 1. The molecule has 0 atom stereocenters. The third-order valence-corrected chi connectivity index (χ3v) is 3.36. The zero-order chi connectivity index (χ0) is 13.7. The summed E-state index contributed by atoms with van der Waals surface area (Å²) in [6.07, 6.45) is 3.70. The molecule has 0 aliphatic heterocycles. The quantitative estimate of drug-likeness (QED) is 0.689. The van der Waals surface area contributed by atoms with E-state index in [1.165, 1.54) is 5.56 Å². The Morgan fingerprint density at radius 1 is 1.37 bits per heavy atom. The lowest BCUT2D eigenvalue weighted by atomic mass is 10.2. The molecule has 19 heavy (non-hydrogen) atoms. The van der Waals surface area contributed by atoms with Gasteiger partial charge in [-0.1, -0.05) is 23.9 Å². The number of aliphatic imine (C=N–C) groups is 1. The minimum Gasteiger partial charge on any atom is -0.379 e. The first-order chi connectivity index (χ1) is 9.15. The summed E-state index contributed by atoms with van der Waals surface area (Å²) in [4.78, 5) is 4.29. The molecule has 1 aromatic heterocycles. The monoisotopic (exact) mass is 274 g/mol. The number of rotatable bonds is 4. The van der Waals surface area contributed by atoms with E-state index in [0.29, 0.717) is 5.17 Å². The molecule has 0 unspecified atom stereocenters. The van der Waals surface area contributed by atoms with Crippen LogP contribution in [0.25, 0.3) is 5.69 Å². The fourth-order valence-electron chi connectivity index (χ4n) is 1.62. The molecule has 4 nitrogen and oxygen atoms in total. The standard InChI is InChI=1S/C14H18N4S/c1-11(2)17-14(15)19-10-12-4-6-13(7-5-12)18-9-3-8-16-18/h3-9,11H,10H2,1-2H3,(H2,15,17). The highest BCUT2D eigenvalue weighted by Crippen LogP contribution is 2.15. The van der Waals surface area contributed by atoms with Crippen molar-refractivity contribution in [3.05, 3.63) is 48.3 Å². The Bertz CT molecular complexity index is 529. The predicted octanol–water partition coefficient (Wildman–Crippen LogP) is 2.83. The van der Waals surface area contributed by atoms with Gasteiger partial charge in [0.1, 0.15) is 0 Å². The Morgan fingerprint density at radius 2 is 2.11 bits per heavy atom. The number of hydrogen-bond donors (Lipinski definition) is 1. The molecular formula is C14H18N4S. The highest BCUT2D eigenvalue weighted by Gasteiger charge is 2.00. The van der Waals surface area contributed by atoms with Crippen molar-refractivity contribution in [1.82, 2.24) is 9.78 Å². The molecule has 2 aromatic rings. The maximum atomic E-state index is 5.83. The van der Waals surface area contributed by atoms with Crippen molar-refractivity contribution >= 4 is 16.9 Å². The highest BCUT2D eigenvalue weighted by molar-refractivity contribution is 8.13. The van der Waals surface area contributed by atoms with Gasteiger partial charge in [-0.2, -0.15) is 5.10 Å². The summed E-state index contributed by atoms with van der Waals surface area (Å²) in [6.45, 7) is 4.04. The van der Waals surface area contributed by atoms with E-state index in [4.69, 9.17) is 5.73 Å². The molecule has 0 fully saturated rings. The van der Waals surface area contributed by atoms with Crippen molar-refractivity contribution in [2.75, 3.05) is 0 Å². The summed E-state index contributed by atoms with van der Waals surface area (Å²) in [7, 11) is 0.